The highest BCUT2D eigenvalue weighted by atomic mass is 79.9. The molecule has 0 saturated heterocycles. The first-order chi connectivity index (χ1) is 5.83. The van der Waals surface area contributed by atoms with E-state index >= 15 is 0 Å². The number of terminal acetylenes is 1. The molecule has 2 nitrogen and oxygen atoms in total. The van der Waals surface area contributed by atoms with E-state index in [1.165, 1.54) is 0 Å². The van der Waals surface area contributed by atoms with Gasteiger partial charge in [-0.15, -0.1) is 6.42 Å². The maximum atomic E-state index is 5.33. The molecule has 0 spiro atoms. The van der Waals surface area contributed by atoms with Crippen LogP contribution < -0.4 is 0 Å². The number of halogens is 1. The topological polar surface area (TPSA) is 17.3 Å². The van der Waals surface area contributed by atoms with Crippen LogP contribution in [0.3, 0.4) is 0 Å². The van der Waals surface area contributed by atoms with Crippen molar-refractivity contribution >= 4 is 21.4 Å². The second kappa shape index (κ2) is 2.65. The van der Waals surface area contributed by atoms with Crippen LogP contribution in [0.5, 0.6) is 0 Å². The van der Waals surface area contributed by atoms with E-state index in [0.29, 0.717) is 0 Å². The first-order valence-electron chi connectivity index (χ1n) is 3.42. The molecule has 2 rings (SSSR count). The van der Waals surface area contributed by atoms with Gasteiger partial charge in [0.15, 0.2) is 0 Å². The van der Waals surface area contributed by atoms with Gasteiger partial charge in [0.25, 0.3) is 0 Å². The van der Waals surface area contributed by atoms with Crippen LogP contribution in [-0.4, -0.2) is 9.61 Å². The molecule has 0 fully saturated rings. The quantitative estimate of drug-likeness (QED) is 0.622. The lowest BCUT2D eigenvalue weighted by atomic mass is 10.3. The maximum Gasteiger partial charge on any atom is 0.144 e. The normalized spacial score (nSPS) is 10.0. The van der Waals surface area contributed by atoms with Crippen molar-refractivity contribution < 1.29 is 0 Å². The minimum atomic E-state index is 0.719. The smallest absolute Gasteiger partial charge is 0.144 e. The first-order valence-corrected chi connectivity index (χ1v) is 4.21. The molecule has 0 amide bonds. The summed E-state index contributed by atoms with van der Waals surface area (Å²) in [5, 5.41) is 4.17. The SMILES string of the molecule is C#Cc1c(Br)nn2ccccc12. The third-order valence-electron chi connectivity index (χ3n) is 1.64. The zero-order chi connectivity index (χ0) is 8.55. The van der Waals surface area contributed by atoms with E-state index in [1.54, 1.807) is 4.52 Å². The van der Waals surface area contributed by atoms with Crippen LogP contribution in [0.25, 0.3) is 5.52 Å². The zero-order valence-electron chi connectivity index (χ0n) is 6.16. The fraction of sp³-hybridized carbons (Fsp3) is 0. The fourth-order valence-corrected chi connectivity index (χ4v) is 1.59. The molecule has 0 bridgehead atoms. The molecule has 0 aromatic carbocycles. The molecule has 0 radical (unpaired) electrons. The Labute approximate surface area is 78.3 Å². The van der Waals surface area contributed by atoms with Crippen molar-refractivity contribution in [2.75, 3.05) is 0 Å². The Morgan fingerprint density at radius 1 is 1.50 bits per heavy atom. The molecule has 0 N–H and O–H groups in total. The van der Waals surface area contributed by atoms with Gasteiger partial charge in [-0.05, 0) is 28.1 Å². The number of nitrogens with zero attached hydrogens (tertiary/aromatic N) is 2. The highest BCUT2D eigenvalue weighted by Gasteiger charge is 2.05. The van der Waals surface area contributed by atoms with Crippen LogP contribution in [0.15, 0.2) is 29.0 Å². The van der Waals surface area contributed by atoms with Gasteiger partial charge < -0.3 is 0 Å². The van der Waals surface area contributed by atoms with E-state index in [2.05, 4.69) is 26.9 Å². The second-order valence-electron chi connectivity index (χ2n) is 2.34. The lowest BCUT2D eigenvalue weighted by molar-refractivity contribution is 0.947. The number of hydrogen-bond donors (Lipinski definition) is 0. The highest BCUT2D eigenvalue weighted by Crippen LogP contribution is 2.18. The molecule has 3 heteroatoms. The summed E-state index contributed by atoms with van der Waals surface area (Å²) in [6, 6.07) is 5.78. The number of pyridine rings is 1. The lowest BCUT2D eigenvalue weighted by Crippen LogP contribution is -1.83. The maximum absolute atomic E-state index is 5.33. The van der Waals surface area contributed by atoms with Crippen molar-refractivity contribution in [3.8, 4) is 12.3 Å². The minimum absolute atomic E-state index is 0.719. The third-order valence-corrected chi connectivity index (χ3v) is 2.20. The zero-order valence-corrected chi connectivity index (χ0v) is 7.75. The van der Waals surface area contributed by atoms with Crippen molar-refractivity contribution in [1.82, 2.24) is 9.61 Å². The predicted molar refractivity (Wildman–Crippen MR) is 50.8 cm³/mol. The van der Waals surface area contributed by atoms with Gasteiger partial charge >= 0.3 is 0 Å². The van der Waals surface area contributed by atoms with E-state index in [0.717, 1.165) is 15.7 Å². The monoisotopic (exact) mass is 220 g/mol. The molecular formula is C9H5BrN2. The van der Waals surface area contributed by atoms with Gasteiger partial charge in [0.2, 0.25) is 0 Å². The molecule has 0 atom stereocenters. The number of hydrogen-bond acceptors (Lipinski definition) is 1. The van der Waals surface area contributed by atoms with Gasteiger partial charge in [0.1, 0.15) is 4.60 Å². The van der Waals surface area contributed by atoms with Crippen LogP contribution in [0.1, 0.15) is 5.56 Å². The summed E-state index contributed by atoms with van der Waals surface area (Å²) in [4.78, 5) is 0. The molecule has 12 heavy (non-hydrogen) atoms. The molecule has 0 unspecified atom stereocenters. The Morgan fingerprint density at radius 3 is 3.08 bits per heavy atom. The van der Waals surface area contributed by atoms with E-state index < -0.39 is 0 Å². The Morgan fingerprint density at radius 2 is 2.33 bits per heavy atom. The summed E-state index contributed by atoms with van der Waals surface area (Å²) in [7, 11) is 0. The Balaban J connectivity index is 2.93. The molecule has 2 aromatic heterocycles. The number of rotatable bonds is 0. The summed E-state index contributed by atoms with van der Waals surface area (Å²) in [5.41, 5.74) is 1.75. The molecule has 0 saturated carbocycles. The Hall–Kier alpha value is -1.27. The number of aromatic nitrogens is 2. The largest absolute Gasteiger partial charge is 0.239 e. The van der Waals surface area contributed by atoms with E-state index in [-0.39, 0.29) is 0 Å². The van der Waals surface area contributed by atoms with Gasteiger partial charge in [-0.1, -0.05) is 12.0 Å². The van der Waals surface area contributed by atoms with Crippen LogP contribution >= 0.6 is 15.9 Å². The van der Waals surface area contributed by atoms with Gasteiger partial charge in [-0.25, -0.2) is 4.52 Å². The first kappa shape index (κ1) is 7.38. The van der Waals surface area contributed by atoms with Gasteiger partial charge in [0, 0.05) is 6.20 Å². The molecule has 0 aliphatic rings. The van der Waals surface area contributed by atoms with E-state index in [9.17, 15) is 0 Å². The fourth-order valence-electron chi connectivity index (χ4n) is 1.10. The van der Waals surface area contributed by atoms with Gasteiger partial charge in [-0.2, -0.15) is 5.10 Å². The Kier molecular flexibility index (Phi) is 1.63. The summed E-state index contributed by atoms with van der Waals surface area (Å²) in [6.07, 6.45) is 7.19. The van der Waals surface area contributed by atoms with E-state index in [1.807, 2.05) is 24.4 Å². The van der Waals surface area contributed by atoms with Crippen LogP contribution in [-0.2, 0) is 0 Å². The van der Waals surface area contributed by atoms with Crippen molar-refractivity contribution in [3.63, 3.8) is 0 Å². The molecule has 2 heterocycles. The summed E-state index contributed by atoms with van der Waals surface area (Å²) >= 11 is 3.30. The van der Waals surface area contributed by atoms with Crippen LogP contribution in [0, 0.1) is 12.3 Å². The van der Waals surface area contributed by atoms with Gasteiger partial charge in [0.05, 0.1) is 11.1 Å². The minimum Gasteiger partial charge on any atom is -0.239 e. The molecular weight excluding hydrogens is 216 g/mol. The summed E-state index contributed by atoms with van der Waals surface area (Å²) < 4.78 is 2.47. The predicted octanol–water partition coefficient (Wildman–Crippen LogP) is 2.08. The standard InChI is InChI=1S/C9H5BrN2/c1-2-7-8-5-3-4-6-12(8)11-9(7)10/h1,3-6H. The van der Waals surface area contributed by atoms with Crippen LogP contribution in [0.2, 0.25) is 0 Å². The number of fused-ring (bicyclic) bond motifs is 1. The third kappa shape index (κ3) is 0.926. The molecule has 2 aromatic rings. The average molecular weight is 221 g/mol. The van der Waals surface area contributed by atoms with Crippen molar-refractivity contribution in [1.29, 1.82) is 0 Å². The molecule has 58 valence electrons. The van der Waals surface area contributed by atoms with Gasteiger partial charge in [-0.3, -0.25) is 0 Å². The van der Waals surface area contributed by atoms with Crippen molar-refractivity contribution in [2.24, 2.45) is 0 Å². The van der Waals surface area contributed by atoms with Crippen LogP contribution in [0.4, 0.5) is 0 Å². The summed E-state index contributed by atoms with van der Waals surface area (Å²) in [6.45, 7) is 0. The van der Waals surface area contributed by atoms with Crippen molar-refractivity contribution in [2.45, 2.75) is 0 Å². The van der Waals surface area contributed by atoms with Crippen molar-refractivity contribution in [3.05, 3.63) is 34.6 Å². The summed E-state index contributed by atoms with van der Waals surface area (Å²) in [5.74, 6) is 2.59. The highest BCUT2D eigenvalue weighted by molar-refractivity contribution is 9.10. The molecule has 0 aliphatic carbocycles. The van der Waals surface area contributed by atoms with E-state index in [4.69, 9.17) is 6.42 Å². The second-order valence-corrected chi connectivity index (χ2v) is 3.09. The Bertz CT molecular complexity index is 465. The average Bonchev–Trinajstić information content (AvgIpc) is 2.40. The molecule has 0 aliphatic heterocycles. The lowest BCUT2D eigenvalue weighted by Gasteiger charge is -1.88.